The summed E-state index contributed by atoms with van der Waals surface area (Å²) < 4.78 is 0. The monoisotopic (exact) mass is 272 g/mol. The minimum atomic E-state index is 0.238. The van der Waals surface area contributed by atoms with Crippen molar-refractivity contribution in [2.75, 3.05) is 18.4 Å². The summed E-state index contributed by atoms with van der Waals surface area (Å²) >= 11 is 0. The van der Waals surface area contributed by atoms with Crippen LogP contribution in [-0.4, -0.2) is 28.2 Å². The van der Waals surface area contributed by atoms with Crippen LogP contribution in [0, 0.1) is 13.8 Å². The lowest BCUT2D eigenvalue weighted by Crippen LogP contribution is -2.11. The number of phenolic OH excluding ortho intramolecular Hbond substituents is 1. The number of aryl methyl sites for hydroxylation is 2. The highest BCUT2D eigenvalue weighted by Gasteiger charge is 2.09. The average Bonchev–Trinajstić information content (AvgIpc) is 2.42. The number of hydrogen-bond acceptors (Lipinski definition) is 5. The smallest absolute Gasteiger partial charge is 0.159 e. The van der Waals surface area contributed by atoms with E-state index in [1.807, 2.05) is 26.0 Å². The average molecular weight is 272 g/mol. The van der Waals surface area contributed by atoms with Gasteiger partial charge in [0, 0.05) is 12.1 Å². The molecule has 4 N–H and O–H groups in total. The number of aromatic hydroxyl groups is 1. The fourth-order valence-corrected chi connectivity index (χ4v) is 2.03. The number of rotatable bonds is 5. The summed E-state index contributed by atoms with van der Waals surface area (Å²) in [5, 5.41) is 12.6. The molecule has 0 saturated heterocycles. The molecule has 0 atom stereocenters. The van der Waals surface area contributed by atoms with E-state index in [-0.39, 0.29) is 5.75 Å². The second-order valence-electron chi connectivity index (χ2n) is 4.71. The summed E-state index contributed by atoms with van der Waals surface area (Å²) in [4.78, 5) is 9.05. The van der Waals surface area contributed by atoms with Crippen LogP contribution in [0.5, 0.6) is 5.75 Å². The predicted octanol–water partition coefficient (Wildman–Crippen LogP) is 2.23. The zero-order valence-corrected chi connectivity index (χ0v) is 11.8. The standard InChI is InChI=1S/C15H20N4O/c1-10-14(17-9-3-8-16)11(2)19-15(18-10)12-4-6-13(20)7-5-12/h4-7,17,20H,3,8-9,16H2,1-2H3. The van der Waals surface area contributed by atoms with Crippen molar-refractivity contribution in [3.63, 3.8) is 0 Å². The maximum Gasteiger partial charge on any atom is 0.159 e. The van der Waals surface area contributed by atoms with Crippen molar-refractivity contribution in [1.29, 1.82) is 0 Å². The molecule has 2 rings (SSSR count). The highest BCUT2D eigenvalue weighted by atomic mass is 16.3. The van der Waals surface area contributed by atoms with Crippen LogP contribution in [0.15, 0.2) is 24.3 Å². The van der Waals surface area contributed by atoms with E-state index in [2.05, 4.69) is 15.3 Å². The van der Waals surface area contributed by atoms with E-state index in [0.717, 1.165) is 35.6 Å². The van der Waals surface area contributed by atoms with Gasteiger partial charge in [-0.05, 0) is 51.1 Å². The SMILES string of the molecule is Cc1nc(-c2ccc(O)cc2)nc(C)c1NCCCN. The van der Waals surface area contributed by atoms with Crippen molar-refractivity contribution in [3.8, 4) is 17.1 Å². The van der Waals surface area contributed by atoms with Crippen LogP contribution in [0.4, 0.5) is 5.69 Å². The zero-order chi connectivity index (χ0) is 14.5. The van der Waals surface area contributed by atoms with Crippen molar-refractivity contribution in [3.05, 3.63) is 35.7 Å². The first-order valence-electron chi connectivity index (χ1n) is 6.70. The van der Waals surface area contributed by atoms with E-state index >= 15 is 0 Å². The van der Waals surface area contributed by atoms with E-state index in [0.29, 0.717) is 12.4 Å². The predicted molar refractivity (Wildman–Crippen MR) is 80.8 cm³/mol. The van der Waals surface area contributed by atoms with Gasteiger partial charge in [-0.15, -0.1) is 0 Å². The largest absolute Gasteiger partial charge is 0.508 e. The number of phenols is 1. The van der Waals surface area contributed by atoms with Crippen molar-refractivity contribution < 1.29 is 5.11 Å². The fourth-order valence-electron chi connectivity index (χ4n) is 2.03. The number of aromatic nitrogens is 2. The van der Waals surface area contributed by atoms with Crippen LogP contribution in [0.2, 0.25) is 0 Å². The lowest BCUT2D eigenvalue weighted by atomic mass is 10.2. The molecule has 5 nitrogen and oxygen atoms in total. The number of nitrogens with one attached hydrogen (secondary N) is 1. The molecular weight excluding hydrogens is 252 g/mol. The van der Waals surface area contributed by atoms with E-state index in [4.69, 9.17) is 5.73 Å². The molecule has 2 aromatic rings. The van der Waals surface area contributed by atoms with Gasteiger partial charge in [-0.25, -0.2) is 9.97 Å². The molecule has 0 spiro atoms. The number of hydrogen-bond donors (Lipinski definition) is 3. The molecule has 0 aliphatic rings. The first-order valence-corrected chi connectivity index (χ1v) is 6.70. The van der Waals surface area contributed by atoms with Gasteiger partial charge in [-0.1, -0.05) is 0 Å². The number of anilines is 1. The molecule has 0 unspecified atom stereocenters. The second-order valence-corrected chi connectivity index (χ2v) is 4.71. The number of nitrogens with two attached hydrogens (primary N) is 1. The molecule has 0 aliphatic carbocycles. The van der Waals surface area contributed by atoms with Gasteiger partial charge in [0.25, 0.3) is 0 Å². The quantitative estimate of drug-likeness (QED) is 0.727. The molecule has 1 aromatic heterocycles. The van der Waals surface area contributed by atoms with Gasteiger partial charge < -0.3 is 16.2 Å². The zero-order valence-electron chi connectivity index (χ0n) is 11.8. The van der Waals surface area contributed by atoms with Crippen molar-refractivity contribution in [2.45, 2.75) is 20.3 Å². The summed E-state index contributed by atoms with van der Waals surface area (Å²) in [6.45, 7) is 5.41. The second kappa shape index (κ2) is 6.34. The molecular formula is C15H20N4O. The van der Waals surface area contributed by atoms with Gasteiger partial charge in [-0.3, -0.25) is 0 Å². The summed E-state index contributed by atoms with van der Waals surface area (Å²) in [6, 6.07) is 6.89. The Morgan fingerprint density at radius 2 is 1.70 bits per heavy atom. The lowest BCUT2D eigenvalue weighted by Gasteiger charge is -2.13. The maximum absolute atomic E-state index is 9.32. The molecule has 106 valence electrons. The Hall–Kier alpha value is -2.14. The maximum atomic E-state index is 9.32. The number of nitrogens with zero attached hydrogens (tertiary/aromatic N) is 2. The molecule has 1 heterocycles. The summed E-state index contributed by atoms with van der Waals surface area (Å²) in [7, 11) is 0. The van der Waals surface area contributed by atoms with Crippen LogP contribution in [0.3, 0.4) is 0 Å². The first-order chi connectivity index (χ1) is 9.61. The van der Waals surface area contributed by atoms with Crippen LogP contribution in [0.25, 0.3) is 11.4 Å². The molecule has 5 heteroatoms. The Labute approximate surface area is 118 Å². The Kier molecular flexibility index (Phi) is 4.53. The Bertz CT molecular complexity index is 558. The Morgan fingerprint density at radius 1 is 1.10 bits per heavy atom. The third-order valence-electron chi connectivity index (χ3n) is 3.08. The Balaban J connectivity index is 2.27. The van der Waals surface area contributed by atoms with Crippen LogP contribution in [-0.2, 0) is 0 Å². The summed E-state index contributed by atoms with van der Waals surface area (Å²) in [5.41, 5.74) is 9.18. The van der Waals surface area contributed by atoms with Gasteiger partial charge in [0.05, 0.1) is 17.1 Å². The minimum Gasteiger partial charge on any atom is -0.508 e. The lowest BCUT2D eigenvalue weighted by molar-refractivity contribution is 0.475. The molecule has 0 amide bonds. The summed E-state index contributed by atoms with van der Waals surface area (Å²) in [6.07, 6.45) is 0.915. The number of benzene rings is 1. The summed E-state index contributed by atoms with van der Waals surface area (Å²) in [5.74, 6) is 0.909. The van der Waals surface area contributed by atoms with Crippen LogP contribution >= 0.6 is 0 Å². The third-order valence-corrected chi connectivity index (χ3v) is 3.08. The highest BCUT2D eigenvalue weighted by Crippen LogP contribution is 2.23. The molecule has 0 fully saturated rings. The van der Waals surface area contributed by atoms with Crippen molar-refractivity contribution >= 4 is 5.69 Å². The Morgan fingerprint density at radius 3 is 2.25 bits per heavy atom. The van der Waals surface area contributed by atoms with Crippen LogP contribution in [0.1, 0.15) is 17.8 Å². The van der Waals surface area contributed by atoms with Gasteiger partial charge in [0.1, 0.15) is 5.75 Å². The van der Waals surface area contributed by atoms with E-state index in [9.17, 15) is 5.11 Å². The minimum absolute atomic E-state index is 0.238. The topological polar surface area (TPSA) is 84.1 Å². The van der Waals surface area contributed by atoms with Crippen molar-refractivity contribution in [1.82, 2.24) is 9.97 Å². The third kappa shape index (κ3) is 3.24. The van der Waals surface area contributed by atoms with Crippen molar-refractivity contribution in [2.24, 2.45) is 5.73 Å². The molecule has 0 aliphatic heterocycles. The van der Waals surface area contributed by atoms with Gasteiger partial charge in [0.2, 0.25) is 0 Å². The molecule has 20 heavy (non-hydrogen) atoms. The van der Waals surface area contributed by atoms with E-state index in [1.54, 1.807) is 12.1 Å². The molecule has 0 bridgehead atoms. The van der Waals surface area contributed by atoms with Gasteiger partial charge >= 0.3 is 0 Å². The normalized spacial score (nSPS) is 10.6. The molecule has 0 radical (unpaired) electrons. The van der Waals surface area contributed by atoms with E-state index in [1.165, 1.54) is 0 Å². The highest BCUT2D eigenvalue weighted by molar-refractivity contribution is 5.61. The van der Waals surface area contributed by atoms with E-state index < -0.39 is 0 Å². The van der Waals surface area contributed by atoms with Gasteiger partial charge in [-0.2, -0.15) is 0 Å². The molecule has 0 saturated carbocycles. The van der Waals surface area contributed by atoms with Gasteiger partial charge in [0.15, 0.2) is 5.82 Å². The van der Waals surface area contributed by atoms with Crippen LogP contribution < -0.4 is 11.1 Å². The fraction of sp³-hybridized carbons (Fsp3) is 0.333. The molecule has 1 aromatic carbocycles. The first kappa shape index (κ1) is 14.3.